The van der Waals surface area contributed by atoms with Crippen LogP contribution in [0.1, 0.15) is 21.5 Å². The van der Waals surface area contributed by atoms with Crippen molar-refractivity contribution in [2.75, 3.05) is 12.3 Å². The summed E-state index contributed by atoms with van der Waals surface area (Å²) in [6, 6.07) is 10.3. The van der Waals surface area contributed by atoms with Crippen LogP contribution in [0.3, 0.4) is 0 Å². The first-order valence-corrected chi connectivity index (χ1v) is 6.38. The van der Waals surface area contributed by atoms with Gasteiger partial charge in [-0.05, 0) is 42.0 Å². The highest BCUT2D eigenvalue weighted by atomic mass is 35.5. The smallest absolute Gasteiger partial charge is 0.196 e. The normalized spacial score (nSPS) is 12.9. The average Bonchev–Trinajstić information content (AvgIpc) is 2.85. The number of hydrogen-bond acceptors (Lipinski definition) is 3. The number of anilines is 1. The molecular formula is C15H12ClNO2. The molecule has 0 spiro atoms. The highest BCUT2D eigenvalue weighted by molar-refractivity contribution is 6.31. The maximum Gasteiger partial charge on any atom is 0.196 e. The minimum atomic E-state index is -0.0966. The Bertz CT molecular complexity index is 650. The van der Waals surface area contributed by atoms with Crippen molar-refractivity contribution in [3.05, 3.63) is 58.1 Å². The Balaban J connectivity index is 2.07. The second kappa shape index (κ2) is 4.59. The molecule has 0 aromatic heterocycles. The van der Waals surface area contributed by atoms with Crippen molar-refractivity contribution in [1.82, 2.24) is 0 Å². The summed E-state index contributed by atoms with van der Waals surface area (Å²) in [5, 5.41) is 0.558. The molecule has 0 fully saturated rings. The van der Waals surface area contributed by atoms with E-state index >= 15 is 0 Å². The molecule has 0 radical (unpaired) electrons. The van der Waals surface area contributed by atoms with Gasteiger partial charge in [0.2, 0.25) is 0 Å². The van der Waals surface area contributed by atoms with Gasteiger partial charge >= 0.3 is 0 Å². The summed E-state index contributed by atoms with van der Waals surface area (Å²) in [5.74, 6) is 0.562. The van der Waals surface area contributed by atoms with E-state index in [1.807, 2.05) is 6.07 Å². The zero-order valence-electron chi connectivity index (χ0n) is 10.2. The van der Waals surface area contributed by atoms with Crippen LogP contribution in [0.15, 0.2) is 36.4 Å². The summed E-state index contributed by atoms with van der Waals surface area (Å²) >= 11 is 6.06. The van der Waals surface area contributed by atoms with Gasteiger partial charge in [-0.25, -0.2) is 0 Å². The lowest BCUT2D eigenvalue weighted by Crippen LogP contribution is -2.04. The summed E-state index contributed by atoms with van der Waals surface area (Å²) in [4.78, 5) is 12.5. The third-order valence-corrected chi connectivity index (χ3v) is 3.38. The van der Waals surface area contributed by atoms with Crippen molar-refractivity contribution in [2.24, 2.45) is 0 Å². The van der Waals surface area contributed by atoms with E-state index in [1.165, 1.54) is 0 Å². The van der Waals surface area contributed by atoms with Crippen LogP contribution >= 0.6 is 11.6 Å². The molecule has 1 aliphatic heterocycles. The van der Waals surface area contributed by atoms with E-state index < -0.39 is 0 Å². The number of hydrogen-bond donors (Lipinski definition) is 1. The molecule has 3 nitrogen and oxygen atoms in total. The molecule has 1 heterocycles. The van der Waals surface area contributed by atoms with Gasteiger partial charge in [0, 0.05) is 22.7 Å². The molecular weight excluding hydrogens is 262 g/mol. The molecule has 0 atom stereocenters. The summed E-state index contributed by atoms with van der Waals surface area (Å²) in [6.45, 7) is 0.595. The highest BCUT2D eigenvalue weighted by Gasteiger charge is 2.22. The van der Waals surface area contributed by atoms with Crippen LogP contribution in [0.2, 0.25) is 5.02 Å². The SMILES string of the molecule is Nc1ccc(C(=O)c2cc(Cl)cc3c2OCC3)cc1. The average molecular weight is 274 g/mol. The Labute approximate surface area is 115 Å². The number of nitrogens with two attached hydrogens (primary N) is 1. The molecule has 0 bridgehead atoms. The molecule has 96 valence electrons. The minimum absolute atomic E-state index is 0.0966. The van der Waals surface area contributed by atoms with Crippen molar-refractivity contribution in [1.29, 1.82) is 0 Å². The van der Waals surface area contributed by atoms with E-state index in [0.717, 1.165) is 12.0 Å². The molecule has 0 amide bonds. The highest BCUT2D eigenvalue weighted by Crippen LogP contribution is 2.34. The summed E-state index contributed by atoms with van der Waals surface area (Å²) < 4.78 is 5.55. The van der Waals surface area contributed by atoms with Crippen LogP contribution in [0.5, 0.6) is 5.75 Å². The molecule has 2 aromatic carbocycles. The van der Waals surface area contributed by atoms with Crippen LogP contribution in [0, 0.1) is 0 Å². The number of benzene rings is 2. The molecule has 19 heavy (non-hydrogen) atoms. The Hall–Kier alpha value is -2.00. The topological polar surface area (TPSA) is 52.3 Å². The van der Waals surface area contributed by atoms with Gasteiger partial charge in [0.15, 0.2) is 5.78 Å². The summed E-state index contributed by atoms with van der Waals surface area (Å²) in [6.07, 6.45) is 0.790. The van der Waals surface area contributed by atoms with E-state index in [2.05, 4.69) is 0 Å². The molecule has 0 aliphatic carbocycles. The second-order valence-corrected chi connectivity index (χ2v) is 4.93. The predicted octanol–water partition coefficient (Wildman–Crippen LogP) is 3.09. The lowest BCUT2D eigenvalue weighted by atomic mass is 9.99. The zero-order chi connectivity index (χ0) is 13.4. The molecule has 2 N–H and O–H groups in total. The van der Waals surface area contributed by atoms with Crippen LogP contribution in [-0.4, -0.2) is 12.4 Å². The van der Waals surface area contributed by atoms with Gasteiger partial charge < -0.3 is 10.5 Å². The molecule has 1 aliphatic rings. The number of rotatable bonds is 2. The largest absolute Gasteiger partial charge is 0.492 e. The second-order valence-electron chi connectivity index (χ2n) is 4.49. The minimum Gasteiger partial charge on any atom is -0.492 e. The summed E-state index contributed by atoms with van der Waals surface area (Å²) in [7, 11) is 0. The van der Waals surface area contributed by atoms with Gasteiger partial charge in [0.25, 0.3) is 0 Å². The number of ketones is 1. The van der Waals surface area contributed by atoms with Crippen LogP contribution in [-0.2, 0) is 6.42 Å². The molecule has 0 unspecified atom stereocenters. The maximum atomic E-state index is 12.5. The summed E-state index contributed by atoms with van der Waals surface area (Å²) in [5.41, 5.74) is 8.34. The molecule has 0 saturated heterocycles. The lowest BCUT2D eigenvalue weighted by molar-refractivity contribution is 0.103. The number of nitrogen functional groups attached to an aromatic ring is 1. The Kier molecular flexibility index (Phi) is 2.91. The first-order chi connectivity index (χ1) is 9.15. The van der Waals surface area contributed by atoms with E-state index in [9.17, 15) is 4.79 Å². The van der Waals surface area contributed by atoms with Gasteiger partial charge in [-0.15, -0.1) is 0 Å². The Morgan fingerprint density at radius 2 is 1.95 bits per heavy atom. The van der Waals surface area contributed by atoms with Crippen LogP contribution < -0.4 is 10.5 Å². The van der Waals surface area contributed by atoms with E-state index in [4.69, 9.17) is 22.1 Å². The fourth-order valence-electron chi connectivity index (χ4n) is 2.23. The monoisotopic (exact) mass is 273 g/mol. The van der Waals surface area contributed by atoms with Gasteiger partial charge in [-0.2, -0.15) is 0 Å². The van der Waals surface area contributed by atoms with E-state index in [0.29, 0.717) is 34.2 Å². The molecule has 4 heteroatoms. The number of ether oxygens (including phenoxy) is 1. The zero-order valence-corrected chi connectivity index (χ0v) is 10.9. The van der Waals surface area contributed by atoms with Gasteiger partial charge in [-0.3, -0.25) is 4.79 Å². The Morgan fingerprint density at radius 1 is 1.21 bits per heavy atom. The molecule has 2 aromatic rings. The number of carbonyl (C=O) groups excluding carboxylic acids is 1. The molecule has 0 saturated carbocycles. The van der Waals surface area contributed by atoms with Crippen molar-refractivity contribution in [3.63, 3.8) is 0 Å². The standard InChI is InChI=1S/C15H12ClNO2/c16-11-7-10-5-6-19-15(10)13(8-11)14(18)9-1-3-12(17)4-2-9/h1-4,7-8H,5-6,17H2. The van der Waals surface area contributed by atoms with E-state index in [1.54, 1.807) is 30.3 Å². The first-order valence-electron chi connectivity index (χ1n) is 6.00. The van der Waals surface area contributed by atoms with Crippen molar-refractivity contribution >= 4 is 23.1 Å². The third-order valence-electron chi connectivity index (χ3n) is 3.17. The third kappa shape index (κ3) is 2.17. The maximum absolute atomic E-state index is 12.5. The van der Waals surface area contributed by atoms with Crippen LogP contribution in [0.4, 0.5) is 5.69 Å². The molecule has 3 rings (SSSR count). The fraction of sp³-hybridized carbons (Fsp3) is 0.133. The van der Waals surface area contributed by atoms with Crippen molar-refractivity contribution in [2.45, 2.75) is 6.42 Å². The predicted molar refractivity (Wildman–Crippen MR) is 74.9 cm³/mol. The lowest BCUT2D eigenvalue weighted by Gasteiger charge is -2.08. The van der Waals surface area contributed by atoms with Crippen molar-refractivity contribution in [3.8, 4) is 5.75 Å². The number of carbonyl (C=O) groups is 1. The van der Waals surface area contributed by atoms with E-state index in [-0.39, 0.29) is 5.78 Å². The van der Waals surface area contributed by atoms with Crippen molar-refractivity contribution < 1.29 is 9.53 Å². The quantitative estimate of drug-likeness (QED) is 0.676. The van der Waals surface area contributed by atoms with Gasteiger partial charge in [-0.1, -0.05) is 11.6 Å². The van der Waals surface area contributed by atoms with Crippen LogP contribution in [0.25, 0.3) is 0 Å². The number of halogens is 1. The first kappa shape index (κ1) is 12.1. The fourth-order valence-corrected chi connectivity index (χ4v) is 2.47. The van der Waals surface area contributed by atoms with Gasteiger partial charge in [0.05, 0.1) is 12.2 Å². The number of fused-ring (bicyclic) bond motifs is 1. The van der Waals surface area contributed by atoms with Gasteiger partial charge in [0.1, 0.15) is 5.75 Å². The Morgan fingerprint density at radius 3 is 2.68 bits per heavy atom.